The maximum Gasteiger partial charge on any atom is 0.337 e. The van der Waals surface area contributed by atoms with E-state index in [1.807, 2.05) is 0 Å². The van der Waals surface area contributed by atoms with Gasteiger partial charge in [0.15, 0.2) is 0 Å². The van der Waals surface area contributed by atoms with Crippen molar-refractivity contribution in [2.24, 2.45) is 0 Å². The van der Waals surface area contributed by atoms with Gasteiger partial charge >= 0.3 is 12.0 Å². The minimum Gasteiger partial charge on any atom is -0.478 e. The fraction of sp³-hybridized carbons (Fsp3) is 0.385. The number of carbonyl (C=O) groups is 2. The van der Waals surface area contributed by atoms with Crippen LogP contribution in [-0.4, -0.2) is 42.1 Å². The number of hydrogen-bond acceptors (Lipinski definition) is 3. The van der Waals surface area contributed by atoms with E-state index in [-0.39, 0.29) is 11.6 Å². The second-order valence-corrected chi connectivity index (χ2v) is 4.62. The summed E-state index contributed by atoms with van der Waals surface area (Å²) in [5, 5.41) is 9.18. The molecule has 1 heterocycles. The Bertz CT molecular complexity index is 510. The number of carboxylic acids is 1. The first-order valence-corrected chi connectivity index (χ1v) is 6.16. The SMILES string of the molecule is CN(C(=O)N1CCCC1)c1ccc(N)cc1C(=O)O. The minimum atomic E-state index is -1.09. The molecule has 6 nitrogen and oxygen atoms in total. The van der Waals surface area contributed by atoms with Crippen LogP contribution >= 0.6 is 0 Å². The number of likely N-dealkylation sites (tertiary alicyclic amines) is 1. The molecule has 19 heavy (non-hydrogen) atoms. The van der Waals surface area contributed by atoms with Crippen LogP contribution < -0.4 is 10.6 Å². The second-order valence-electron chi connectivity index (χ2n) is 4.62. The predicted molar refractivity (Wildman–Crippen MR) is 72.4 cm³/mol. The van der Waals surface area contributed by atoms with Gasteiger partial charge in [-0.25, -0.2) is 9.59 Å². The number of rotatable bonds is 2. The van der Waals surface area contributed by atoms with E-state index in [1.165, 1.54) is 11.0 Å². The van der Waals surface area contributed by atoms with Gasteiger partial charge < -0.3 is 15.7 Å². The largest absolute Gasteiger partial charge is 0.478 e. The smallest absolute Gasteiger partial charge is 0.337 e. The molecule has 0 radical (unpaired) electrons. The molecule has 2 rings (SSSR count). The van der Waals surface area contributed by atoms with Crippen molar-refractivity contribution in [3.63, 3.8) is 0 Å². The molecule has 0 aromatic heterocycles. The molecule has 1 aromatic rings. The lowest BCUT2D eigenvalue weighted by molar-refractivity contribution is 0.0698. The first-order valence-electron chi connectivity index (χ1n) is 6.16. The third kappa shape index (κ3) is 2.62. The van der Waals surface area contributed by atoms with Crippen LogP contribution in [0.2, 0.25) is 0 Å². The Labute approximate surface area is 111 Å². The third-order valence-electron chi connectivity index (χ3n) is 3.28. The normalized spacial score (nSPS) is 14.5. The molecule has 6 heteroatoms. The maximum absolute atomic E-state index is 12.2. The number of amides is 2. The Morgan fingerprint density at radius 1 is 1.32 bits per heavy atom. The number of urea groups is 1. The van der Waals surface area contributed by atoms with Crippen molar-refractivity contribution in [1.82, 2.24) is 4.90 Å². The van der Waals surface area contributed by atoms with Crippen LogP contribution in [0.1, 0.15) is 23.2 Å². The van der Waals surface area contributed by atoms with Crippen molar-refractivity contribution < 1.29 is 14.7 Å². The summed E-state index contributed by atoms with van der Waals surface area (Å²) in [6.07, 6.45) is 1.99. The van der Waals surface area contributed by atoms with Crippen LogP contribution in [0.3, 0.4) is 0 Å². The molecule has 0 unspecified atom stereocenters. The highest BCUT2D eigenvalue weighted by molar-refractivity contribution is 6.01. The lowest BCUT2D eigenvalue weighted by Crippen LogP contribution is -2.40. The van der Waals surface area contributed by atoms with E-state index in [0.29, 0.717) is 11.4 Å². The monoisotopic (exact) mass is 263 g/mol. The zero-order valence-corrected chi connectivity index (χ0v) is 10.8. The van der Waals surface area contributed by atoms with Crippen LogP contribution in [0.15, 0.2) is 18.2 Å². The molecule has 0 spiro atoms. The van der Waals surface area contributed by atoms with Gasteiger partial charge in [0.2, 0.25) is 0 Å². The number of nitrogen functional groups attached to an aromatic ring is 1. The number of carboxylic acid groups (broad SMARTS) is 1. The van der Waals surface area contributed by atoms with Gasteiger partial charge in [0.05, 0.1) is 11.3 Å². The van der Waals surface area contributed by atoms with Gasteiger partial charge in [-0.1, -0.05) is 0 Å². The Hall–Kier alpha value is -2.24. The first kappa shape index (κ1) is 13.2. The van der Waals surface area contributed by atoms with Gasteiger partial charge in [-0.05, 0) is 31.0 Å². The number of carbonyl (C=O) groups excluding carboxylic acids is 1. The zero-order valence-electron chi connectivity index (χ0n) is 10.8. The number of anilines is 2. The summed E-state index contributed by atoms with van der Waals surface area (Å²) in [6, 6.07) is 4.35. The van der Waals surface area contributed by atoms with Gasteiger partial charge in [0.1, 0.15) is 0 Å². The predicted octanol–water partition coefficient (Wildman–Crippen LogP) is 1.62. The van der Waals surface area contributed by atoms with Crippen molar-refractivity contribution in [2.75, 3.05) is 30.8 Å². The average Bonchev–Trinajstić information content (AvgIpc) is 2.90. The van der Waals surface area contributed by atoms with E-state index in [9.17, 15) is 14.7 Å². The topological polar surface area (TPSA) is 86.9 Å². The highest BCUT2D eigenvalue weighted by atomic mass is 16.4. The van der Waals surface area contributed by atoms with Crippen LogP contribution in [0.4, 0.5) is 16.2 Å². The first-order chi connectivity index (χ1) is 9.00. The van der Waals surface area contributed by atoms with Crippen molar-refractivity contribution >= 4 is 23.4 Å². The summed E-state index contributed by atoms with van der Waals surface area (Å²) in [6.45, 7) is 1.45. The summed E-state index contributed by atoms with van der Waals surface area (Å²) in [5.41, 5.74) is 6.35. The quantitative estimate of drug-likeness (QED) is 0.794. The molecular weight excluding hydrogens is 246 g/mol. The standard InChI is InChI=1S/C13H17N3O3/c1-15(13(19)16-6-2-3-7-16)11-5-4-9(14)8-10(11)12(17)18/h4-5,8H,2-3,6-7,14H2,1H3,(H,17,18). The molecule has 2 amide bonds. The lowest BCUT2D eigenvalue weighted by atomic mass is 10.1. The van der Waals surface area contributed by atoms with Crippen LogP contribution in [0.5, 0.6) is 0 Å². The third-order valence-corrected chi connectivity index (χ3v) is 3.28. The van der Waals surface area contributed by atoms with Crippen LogP contribution in [0, 0.1) is 0 Å². The molecular formula is C13H17N3O3. The molecule has 1 aromatic carbocycles. The summed E-state index contributed by atoms with van der Waals surface area (Å²) in [4.78, 5) is 26.5. The van der Waals surface area contributed by atoms with Crippen LogP contribution in [0.25, 0.3) is 0 Å². The Morgan fingerprint density at radius 3 is 2.53 bits per heavy atom. The second kappa shape index (κ2) is 5.17. The van der Waals surface area contributed by atoms with E-state index >= 15 is 0 Å². The van der Waals surface area contributed by atoms with Gasteiger partial charge in [-0.2, -0.15) is 0 Å². The number of nitrogens with two attached hydrogens (primary N) is 1. The van der Waals surface area contributed by atoms with E-state index in [1.54, 1.807) is 24.1 Å². The molecule has 1 saturated heterocycles. The van der Waals surface area contributed by atoms with E-state index in [2.05, 4.69) is 0 Å². The maximum atomic E-state index is 12.2. The minimum absolute atomic E-state index is 0.0371. The molecule has 3 N–H and O–H groups in total. The molecule has 1 fully saturated rings. The molecule has 102 valence electrons. The van der Waals surface area contributed by atoms with Crippen LogP contribution in [-0.2, 0) is 0 Å². The molecule has 0 saturated carbocycles. The summed E-state index contributed by atoms with van der Waals surface area (Å²) < 4.78 is 0. The molecule has 1 aliphatic heterocycles. The summed E-state index contributed by atoms with van der Waals surface area (Å²) >= 11 is 0. The Balaban J connectivity index is 2.29. The fourth-order valence-corrected chi connectivity index (χ4v) is 2.24. The Kier molecular flexibility index (Phi) is 3.59. The number of benzene rings is 1. The lowest BCUT2D eigenvalue weighted by Gasteiger charge is -2.25. The van der Waals surface area contributed by atoms with E-state index in [4.69, 9.17) is 5.73 Å². The highest BCUT2D eigenvalue weighted by Crippen LogP contribution is 2.24. The van der Waals surface area contributed by atoms with Gasteiger partial charge in [0, 0.05) is 25.8 Å². The molecule has 0 aliphatic carbocycles. The average molecular weight is 263 g/mol. The van der Waals surface area contributed by atoms with E-state index < -0.39 is 5.97 Å². The molecule has 0 atom stereocenters. The zero-order chi connectivity index (χ0) is 14.0. The van der Waals surface area contributed by atoms with Crippen molar-refractivity contribution in [3.8, 4) is 0 Å². The number of aromatic carboxylic acids is 1. The number of hydrogen-bond donors (Lipinski definition) is 2. The summed E-state index contributed by atoms with van der Waals surface area (Å²) in [7, 11) is 1.58. The highest BCUT2D eigenvalue weighted by Gasteiger charge is 2.24. The molecule has 0 bridgehead atoms. The van der Waals surface area contributed by atoms with Gasteiger partial charge in [-0.15, -0.1) is 0 Å². The molecule has 1 aliphatic rings. The number of nitrogens with zero attached hydrogens (tertiary/aromatic N) is 2. The summed E-state index contributed by atoms with van der Waals surface area (Å²) in [5.74, 6) is -1.09. The van der Waals surface area contributed by atoms with Crippen molar-refractivity contribution in [1.29, 1.82) is 0 Å². The van der Waals surface area contributed by atoms with Crippen molar-refractivity contribution in [3.05, 3.63) is 23.8 Å². The Morgan fingerprint density at radius 2 is 1.95 bits per heavy atom. The van der Waals surface area contributed by atoms with Crippen molar-refractivity contribution in [2.45, 2.75) is 12.8 Å². The van der Waals surface area contributed by atoms with Gasteiger partial charge in [0.25, 0.3) is 0 Å². The van der Waals surface area contributed by atoms with E-state index in [0.717, 1.165) is 25.9 Å². The van der Waals surface area contributed by atoms with Gasteiger partial charge in [-0.3, -0.25) is 4.90 Å². The fourth-order valence-electron chi connectivity index (χ4n) is 2.24.